The largest absolute Gasteiger partial charge is 0.504 e. The number of hydrogen-bond donors (Lipinski definition) is 2. The molecule has 8 heteroatoms. The van der Waals surface area contributed by atoms with E-state index in [9.17, 15) is 14.9 Å². The van der Waals surface area contributed by atoms with Gasteiger partial charge in [0.1, 0.15) is 13.2 Å². The summed E-state index contributed by atoms with van der Waals surface area (Å²) in [4.78, 5) is 25.0. The lowest BCUT2D eigenvalue weighted by atomic mass is 10.2. The molecule has 0 radical (unpaired) electrons. The summed E-state index contributed by atoms with van der Waals surface area (Å²) in [6.45, 7) is -0.662. The molecule has 0 unspecified atom stereocenters. The SMILES string of the molecule is O=C(OCCO[N+](=O)[O-])c1ccc(O)c(O)c1. The van der Waals surface area contributed by atoms with Gasteiger partial charge in [-0.15, -0.1) is 10.1 Å². The zero-order valence-corrected chi connectivity index (χ0v) is 8.53. The van der Waals surface area contributed by atoms with Gasteiger partial charge in [0.15, 0.2) is 11.5 Å². The molecule has 1 aromatic rings. The number of carbonyl (C=O) groups is 1. The van der Waals surface area contributed by atoms with Crippen LogP contribution in [0.4, 0.5) is 0 Å². The molecule has 1 rings (SSSR count). The summed E-state index contributed by atoms with van der Waals surface area (Å²) in [6, 6.07) is 3.39. The Hall–Kier alpha value is -2.51. The molecule has 8 nitrogen and oxygen atoms in total. The van der Waals surface area contributed by atoms with Gasteiger partial charge in [-0.1, -0.05) is 0 Å². The van der Waals surface area contributed by atoms with Gasteiger partial charge < -0.3 is 19.8 Å². The fourth-order valence-corrected chi connectivity index (χ4v) is 0.980. The van der Waals surface area contributed by atoms with E-state index < -0.39 is 16.8 Å². The minimum atomic E-state index is -1.000. The summed E-state index contributed by atoms with van der Waals surface area (Å²) in [5, 5.41) is 26.9. The van der Waals surface area contributed by atoms with Crippen molar-refractivity contribution >= 4 is 5.97 Å². The van der Waals surface area contributed by atoms with Crippen molar-refractivity contribution in [1.29, 1.82) is 0 Å². The predicted octanol–water partition coefficient (Wildman–Crippen LogP) is 0.463. The Morgan fingerprint density at radius 1 is 1.29 bits per heavy atom. The Bertz CT molecular complexity index is 431. The van der Waals surface area contributed by atoms with Gasteiger partial charge in [-0.2, -0.15) is 0 Å². The Morgan fingerprint density at radius 2 is 2.00 bits per heavy atom. The topological polar surface area (TPSA) is 119 Å². The average Bonchev–Trinajstić information content (AvgIpc) is 2.27. The number of phenols is 2. The Kier molecular flexibility index (Phi) is 4.09. The highest BCUT2D eigenvalue weighted by Gasteiger charge is 2.10. The third-order valence-electron chi connectivity index (χ3n) is 1.72. The fourth-order valence-electron chi connectivity index (χ4n) is 0.980. The minimum Gasteiger partial charge on any atom is -0.504 e. The third-order valence-corrected chi connectivity index (χ3v) is 1.72. The molecule has 0 atom stereocenters. The third kappa shape index (κ3) is 3.86. The van der Waals surface area contributed by atoms with Crippen molar-refractivity contribution in [2.75, 3.05) is 13.2 Å². The Morgan fingerprint density at radius 3 is 2.59 bits per heavy atom. The van der Waals surface area contributed by atoms with Gasteiger partial charge in [0.2, 0.25) is 0 Å². The first-order valence-corrected chi connectivity index (χ1v) is 4.47. The lowest BCUT2D eigenvalue weighted by Gasteiger charge is -2.04. The van der Waals surface area contributed by atoms with Crippen LogP contribution < -0.4 is 0 Å². The monoisotopic (exact) mass is 243 g/mol. The maximum absolute atomic E-state index is 11.3. The number of hydrogen-bond acceptors (Lipinski definition) is 7. The van der Waals surface area contributed by atoms with Gasteiger partial charge in [0.25, 0.3) is 5.09 Å². The van der Waals surface area contributed by atoms with Crippen LogP contribution in [0.1, 0.15) is 10.4 Å². The molecule has 0 saturated heterocycles. The van der Waals surface area contributed by atoms with Crippen molar-refractivity contribution in [2.24, 2.45) is 0 Å². The molecule has 2 N–H and O–H groups in total. The normalized spacial score (nSPS) is 9.65. The first-order valence-electron chi connectivity index (χ1n) is 4.47. The maximum Gasteiger partial charge on any atom is 0.338 e. The Balaban J connectivity index is 2.47. The molecule has 17 heavy (non-hydrogen) atoms. The summed E-state index contributed by atoms with van der Waals surface area (Å²) in [5.74, 6) is -1.61. The molecular formula is C9H9NO7. The number of ether oxygens (including phenoxy) is 1. The van der Waals surface area contributed by atoms with E-state index in [1.807, 2.05) is 0 Å². The van der Waals surface area contributed by atoms with E-state index in [0.29, 0.717) is 0 Å². The van der Waals surface area contributed by atoms with Crippen LogP contribution in [0.5, 0.6) is 11.5 Å². The summed E-state index contributed by atoms with van der Waals surface area (Å²) in [5.41, 5.74) is 0.0152. The molecule has 1 aromatic carbocycles. The maximum atomic E-state index is 11.3. The summed E-state index contributed by atoms with van der Waals surface area (Å²) < 4.78 is 4.61. The van der Waals surface area contributed by atoms with Crippen molar-refractivity contribution in [2.45, 2.75) is 0 Å². The highest BCUT2D eigenvalue weighted by Crippen LogP contribution is 2.25. The molecule has 0 aliphatic carbocycles. The lowest BCUT2D eigenvalue weighted by Crippen LogP contribution is -2.12. The van der Waals surface area contributed by atoms with Crippen molar-refractivity contribution in [3.63, 3.8) is 0 Å². The van der Waals surface area contributed by atoms with E-state index in [2.05, 4.69) is 9.57 Å². The van der Waals surface area contributed by atoms with Gasteiger partial charge in [-0.05, 0) is 18.2 Å². The van der Waals surface area contributed by atoms with Gasteiger partial charge in [0, 0.05) is 0 Å². The second-order valence-corrected chi connectivity index (χ2v) is 2.90. The van der Waals surface area contributed by atoms with Crippen molar-refractivity contribution in [3.8, 4) is 11.5 Å². The molecule has 0 aromatic heterocycles. The molecular weight excluding hydrogens is 234 g/mol. The molecule has 0 fully saturated rings. The van der Waals surface area contributed by atoms with Gasteiger partial charge in [-0.3, -0.25) is 0 Å². The van der Waals surface area contributed by atoms with E-state index in [1.165, 1.54) is 6.07 Å². The zero-order chi connectivity index (χ0) is 12.8. The lowest BCUT2D eigenvalue weighted by molar-refractivity contribution is -0.757. The van der Waals surface area contributed by atoms with Crippen LogP contribution in [0.25, 0.3) is 0 Å². The molecule has 0 heterocycles. The summed E-state index contributed by atoms with van der Waals surface area (Å²) in [6.07, 6.45) is 0. The second-order valence-electron chi connectivity index (χ2n) is 2.90. The first-order chi connectivity index (χ1) is 8.00. The zero-order valence-electron chi connectivity index (χ0n) is 8.53. The van der Waals surface area contributed by atoms with Gasteiger partial charge in [-0.25, -0.2) is 4.79 Å². The van der Waals surface area contributed by atoms with E-state index in [-0.39, 0.29) is 24.5 Å². The number of esters is 1. The smallest absolute Gasteiger partial charge is 0.338 e. The van der Waals surface area contributed by atoms with Crippen LogP contribution in [0, 0.1) is 10.1 Å². The van der Waals surface area contributed by atoms with Crippen LogP contribution in [0.2, 0.25) is 0 Å². The van der Waals surface area contributed by atoms with Crippen LogP contribution in [0.3, 0.4) is 0 Å². The van der Waals surface area contributed by atoms with E-state index in [0.717, 1.165) is 12.1 Å². The summed E-state index contributed by atoms with van der Waals surface area (Å²) in [7, 11) is 0. The summed E-state index contributed by atoms with van der Waals surface area (Å²) >= 11 is 0. The number of carbonyl (C=O) groups excluding carboxylic acids is 1. The number of benzene rings is 1. The molecule has 0 bridgehead atoms. The number of phenolic OH excluding ortho intramolecular Hbond substituents is 2. The first kappa shape index (κ1) is 12.6. The van der Waals surface area contributed by atoms with E-state index in [1.54, 1.807) is 0 Å². The average molecular weight is 243 g/mol. The number of rotatable bonds is 5. The fraction of sp³-hybridized carbons (Fsp3) is 0.222. The van der Waals surface area contributed by atoms with Crippen molar-refractivity contribution < 1.29 is 29.7 Å². The molecule has 0 amide bonds. The highest BCUT2D eigenvalue weighted by molar-refractivity contribution is 5.90. The second kappa shape index (κ2) is 5.54. The predicted molar refractivity (Wildman–Crippen MR) is 53.0 cm³/mol. The quantitative estimate of drug-likeness (QED) is 0.253. The minimum absolute atomic E-state index is 0.0152. The van der Waals surface area contributed by atoms with Crippen LogP contribution in [0.15, 0.2) is 18.2 Å². The van der Waals surface area contributed by atoms with Gasteiger partial charge >= 0.3 is 5.97 Å². The Labute approximate surface area is 95.1 Å². The number of aromatic hydroxyl groups is 2. The van der Waals surface area contributed by atoms with Crippen LogP contribution in [-0.2, 0) is 9.57 Å². The molecule has 0 spiro atoms. The molecule has 0 aliphatic heterocycles. The standard InChI is InChI=1S/C9H9NO7/c11-7-2-1-6(5-8(7)12)9(13)16-3-4-17-10(14)15/h1-2,5,11-12H,3-4H2. The molecule has 0 aliphatic rings. The highest BCUT2D eigenvalue weighted by atomic mass is 17.0. The van der Waals surface area contributed by atoms with E-state index in [4.69, 9.17) is 10.2 Å². The van der Waals surface area contributed by atoms with Gasteiger partial charge in [0.05, 0.1) is 5.56 Å². The van der Waals surface area contributed by atoms with Crippen LogP contribution in [-0.4, -0.2) is 34.5 Å². The van der Waals surface area contributed by atoms with E-state index >= 15 is 0 Å². The van der Waals surface area contributed by atoms with Crippen LogP contribution >= 0.6 is 0 Å². The number of nitrogens with zero attached hydrogens (tertiary/aromatic N) is 1. The molecule has 92 valence electrons. The molecule has 0 saturated carbocycles. The van der Waals surface area contributed by atoms with Crippen molar-refractivity contribution in [3.05, 3.63) is 33.9 Å². The van der Waals surface area contributed by atoms with Crippen molar-refractivity contribution in [1.82, 2.24) is 0 Å².